The summed E-state index contributed by atoms with van der Waals surface area (Å²) in [4.78, 5) is 23.3. The molecule has 0 unspecified atom stereocenters. The van der Waals surface area contributed by atoms with E-state index in [-0.39, 0.29) is 11.8 Å². The average Bonchev–Trinajstić information content (AvgIpc) is 2.95. The number of hydrogen-bond donors (Lipinski definition) is 0. The maximum absolute atomic E-state index is 12.4. The molecule has 0 bridgehead atoms. The van der Waals surface area contributed by atoms with Crippen LogP contribution < -0.4 is 0 Å². The van der Waals surface area contributed by atoms with Gasteiger partial charge in [-0.05, 0) is 18.6 Å². The Morgan fingerprint density at radius 2 is 2.43 bits per heavy atom. The van der Waals surface area contributed by atoms with Crippen LogP contribution in [0.5, 0.6) is 0 Å². The smallest absolute Gasteiger partial charge is 0.265 e. The molecular formula is C15H17N3O2S. The maximum Gasteiger partial charge on any atom is 0.265 e. The van der Waals surface area contributed by atoms with Crippen LogP contribution in [-0.2, 0) is 11.2 Å². The van der Waals surface area contributed by atoms with Gasteiger partial charge in [0, 0.05) is 30.9 Å². The second-order valence-corrected chi connectivity index (χ2v) is 5.97. The van der Waals surface area contributed by atoms with Crippen LogP contribution in [0, 0.1) is 5.92 Å². The molecule has 5 nitrogen and oxygen atoms in total. The standard InChI is InChI=1S/C15H17N3O2S/c19-15(14-8-16-11-21-14)18-5-6-20-10-12(9-18)7-13-3-1-2-4-17-13/h1-4,8,11-12H,5-7,9-10H2/t12-/m0/s1. The fourth-order valence-corrected chi connectivity index (χ4v) is 3.07. The topological polar surface area (TPSA) is 55.3 Å². The number of carbonyl (C=O) groups excluding carboxylic acids is 1. The Kier molecular flexibility index (Phi) is 4.57. The van der Waals surface area contributed by atoms with E-state index in [9.17, 15) is 4.79 Å². The van der Waals surface area contributed by atoms with Gasteiger partial charge in [-0.25, -0.2) is 0 Å². The van der Waals surface area contributed by atoms with Gasteiger partial charge >= 0.3 is 0 Å². The third kappa shape index (κ3) is 3.65. The van der Waals surface area contributed by atoms with Gasteiger partial charge in [0.15, 0.2) is 0 Å². The van der Waals surface area contributed by atoms with Crippen LogP contribution in [0.15, 0.2) is 36.1 Å². The highest BCUT2D eigenvalue weighted by Crippen LogP contribution is 2.16. The molecule has 0 aromatic carbocycles. The highest BCUT2D eigenvalue weighted by molar-refractivity contribution is 7.11. The number of pyridine rings is 1. The summed E-state index contributed by atoms with van der Waals surface area (Å²) in [7, 11) is 0. The van der Waals surface area contributed by atoms with E-state index in [1.54, 1.807) is 17.9 Å². The Morgan fingerprint density at radius 3 is 3.19 bits per heavy atom. The molecule has 2 aromatic heterocycles. The maximum atomic E-state index is 12.4. The summed E-state index contributed by atoms with van der Waals surface area (Å²) >= 11 is 1.38. The number of ether oxygens (including phenoxy) is 1. The normalized spacial score (nSPS) is 19.2. The van der Waals surface area contributed by atoms with Crippen molar-refractivity contribution < 1.29 is 9.53 Å². The van der Waals surface area contributed by atoms with E-state index >= 15 is 0 Å². The van der Waals surface area contributed by atoms with Gasteiger partial charge in [-0.3, -0.25) is 14.8 Å². The molecule has 0 radical (unpaired) electrons. The summed E-state index contributed by atoms with van der Waals surface area (Å²) in [6.45, 7) is 2.59. The number of amides is 1. The number of carbonyl (C=O) groups is 1. The van der Waals surface area contributed by atoms with Gasteiger partial charge in [0.25, 0.3) is 5.91 Å². The predicted molar refractivity (Wildman–Crippen MR) is 80.3 cm³/mol. The monoisotopic (exact) mass is 303 g/mol. The average molecular weight is 303 g/mol. The Hall–Kier alpha value is -1.79. The van der Waals surface area contributed by atoms with E-state index in [1.807, 2.05) is 23.1 Å². The van der Waals surface area contributed by atoms with Crippen molar-refractivity contribution >= 4 is 17.2 Å². The van der Waals surface area contributed by atoms with Crippen molar-refractivity contribution in [3.05, 3.63) is 46.7 Å². The van der Waals surface area contributed by atoms with Crippen molar-refractivity contribution in [2.45, 2.75) is 6.42 Å². The van der Waals surface area contributed by atoms with Crippen molar-refractivity contribution in [1.82, 2.24) is 14.9 Å². The molecule has 1 amide bonds. The summed E-state index contributed by atoms with van der Waals surface area (Å²) < 4.78 is 5.64. The first-order valence-electron chi connectivity index (χ1n) is 6.98. The Balaban J connectivity index is 1.67. The molecule has 21 heavy (non-hydrogen) atoms. The second kappa shape index (κ2) is 6.78. The predicted octanol–water partition coefficient (Wildman–Crippen LogP) is 1.87. The molecule has 0 aliphatic carbocycles. The molecule has 2 aromatic rings. The molecule has 1 aliphatic rings. The van der Waals surface area contributed by atoms with Gasteiger partial charge in [0.2, 0.25) is 0 Å². The van der Waals surface area contributed by atoms with Crippen LogP contribution in [-0.4, -0.2) is 47.1 Å². The lowest BCUT2D eigenvalue weighted by molar-refractivity contribution is 0.0742. The van der Waals surface area contributed by atoms with E-state index in [1.165, 1.54) is 11.3 Å². The molecule has 110 valence electrons. The molecular weight excluding hydrogens is 286 g/mol. The minimum atomic E-state index is 0.0500. The first kappa shape index (κ1) is 14.2. The number of aromatic nitrogens is 2. The zero-order valence-corrected chi connectivity index (χ0v) is 12.5. The van der Waals surface area contributed by atoms with Crippen LogP contribution in [0.1, 0.15) is 15.4 Å². The van der Waals surface area contributed by atoms with Crippen molar-refractivity contribution in [3.63, 3.8) is 0 Å². The summed E-state index contributed by atoms with van der Waals surface area (Å²) in [5.74, 6) is 0.327. The molecule has 1 atom stereocenters. The van der Waals surface area contributed by atoms with E-state index < -0.39 is 0 Å². The quantitative estimate of drug-likeness (QED) is 0.868. The zero-order valence-electron chi connectivity index (χ0n) is 11.6. The van der Waals surface area contributed by atoms with Crippen molar-refractivity contribution in [2.24, 2.45) is 5.92 Å². The first-order valence-corrected chi connectivity index (χ1v) is 7.86. The highest BCUT2D eigenvalue weighted by atomic mass is 32.1. The van der Waals surface area contributed by atoms with Crippen LogP contribution in [0.2, 0.25) is 0 Å². The van der Waals surface area contributed by atoms with Gasteiger partial charge in [0.1, 0.15) is 4.88 Å². The molecule has 1 saturated heterocycles. The van der Waals surface area contributed by atoms with E-state index in [2.05, 4.69) is 9.97 Å². The third-order valence-corrected chi connectivity index (χ3v) is 4.25. The second-order valence-electron chi connectivity index (χ2n) is 5.08. The van der Waals surface area contributed by atoms with Crippen LogP contribution in [0.4, 0.5) is 0 Å². The lowest BCUT2D eigenvalue weighted by Gasteiger charge is -2.22. The van der Waals surface area contributed by atoms with Crippen LogP contribution >= 0.6 is 11.3 Å². The summed E-state index contributed by atoms with van der Waals surface area (Å²) in [5, 5.41) is 0. The molecule has 3 rings (SSSR count). The van der Waals surface area contributed by atoms with Gasteiger partial charge in [-0.1, -0.05) is 6.07 Å². The highest BCUT2D eigenvalue weighted by Gasteiger charge is 2.24. The van der Waals surface area contributed by atoms with Gasteiger partial charge in [-0.15, -0.1) is 11.3 Å². The SMILES string of the molecule is O=C(c1cncs1)N1CCOC[C@@H](Cc2ccccn2)C1. The lowest BCUT2D eigenvalue weighted by Crippen LogP contribution is -2.36. The Bertz CT molecular complexity index is 574. The van der Waals surface area contributed by atoms with Crippen LogP contribution in [0.25, 0.3) is 0 Å². The van der Waals surface area contributed by atoms with Gasteiger partial charge in [-0.2, -0.15) is 0 Å². The van der Waals surface area contributed by atoms with Gasteiger partial charge in [0.05, 0.1) is 24.9 Å². The van der Waals surface area contributed by atoms with E-state index in [4.69, 9.17) is 4.74 Å². The molecule has 0 N–H and O–H groups in total. The fourth-order valence-electron chi connectivity index (χ4n) is 2.48. The third-order valence-electron chi connectivity index (χ3n) is 3.49. The minimum Gasteiger partial charge on any atom is -0.379 e. The number of nitrogens with zero attached hydrogens (tertiary/aromatic N) is 3. The van der Waals surface area contributed by atoms with Gasteiger partial charge < -0.3 is 9.64 Å². The van der Waals surface area contributed by atoms with Crippen molar-refractivity contribution in [3.8, 4) is 0 Å². The van der Waals surface area contributed by atoms with E-state index in [0.717, 1.165) is 12.1 Å². The van der Waals surface area contributed by atoms with Crippen LogP contribution in [0.3, 0.4) is 0 Å². The number of hydrogen-bond acceptors (Lipinski definition) is 5. The van der Waals surface area contributed by atoms with E-state index in [0.29, 0.717) is 31.2 Å². The Labute approximate surface area is 127 Å². The summed E-state index contributed by atoms with van der Waals surface area (Å²) in [6, 6.07) is 5.91. The molecule has 1 fully saturated rings. The largest absolute Gasteiger partial charge is 0.379 e. The number of thiazole rings is 1. The number of rotatable bonds is 3. The molecule has 0 spiro atoms. The molecule has 3 heterocycles. The van der Waals surface area contributed by atoms with Crippen molar-refractivity contribution in [1.29, 1.82) is 0 Å². The zero-order chi connectivity index (χ0) is 14.5. The lowest BCUT2D eigenvalue weighted by atomic mass is 10.0. The molecule has 0 saturated carbocycles. The summed E-state index contributed by atoms with van der Waals surface area (Å²) in [6.07, 6.45) is 4.26. The molecule has 6 heteroatoms. The minimum absolute atomic E-state index is 0.0500. The fraction of sp³-hybridized carbons (Fsp3) is 0.400. The van der Waals surface area contributed by atoms with Crippen molar-refractivity contribution in [2.75, 3.05) is 26.3 Å². The Morgan fingerprint density at radius 1 is 1.48 bits per heavy atom. The summed E-state index contributed by atoms with van der Waals surface area (Å²) in [5.41, 5.74) is 2.73. The first-order chi connectivity index (χ1) is 10.3. The molecule has 1 aliphatic heterocycles.